The Labute approximate surface area is 106 Å². The van der Waals surface area contributed by atoms with Crippen LogP contribution in [-0.4, -0.2) is 18.4 Å². The molecule has 0 rings (SSSR count). The fraction of sp³-hybridized carbons (Fsp3) is 0.286. The van der Waals surface area contributed by atoms with Gasteiger partial charge in [0.2, 0.25) is 0 Å². The topological polar surface area (TPSA) is 15.3 Å². The molecule has 1 unspecified atom stereocenters. The Hall–Kier alpha value is -1.64. The third-order valence-electron chi connectivity index (χ3n) is 2.24. The van der Waals surface area contributed by atoms with E-state index in [9.17, 15) is 0 Å². The van der Waals surface area contributed by atoms with Crippen molar-refractivity contribution in [1.29, 1.82) is 0 Å². The molecular formula is C14H22BN2. The smallest absolute Gasteiger partial charge is 0.286 e. The Bertz CT molecular complexity index is 316. The highest BCUT2D eigenvalue weighted by Gasteiger charge is 2.09. The summed E-state index contributed by atoms with van der Waals surface area (Å²) < 4.78 is 0. The molecule has 0 bridgehead atoms. The molecule has 0 spiro atoms. The van der Waals surface area contributed by atoms with Crippen molar-refractivity contribution < 1.29 is 0 Å². The van der Waals surface area contributed by atoms with Gasteiger partial charge in [-0.25, -0.2) is 0 Å². The fourth-order valence-corrected chi connectivity index (χ4v) is 1.24. The Balaban J connectivity index is 4.52. The van der Waals surface area contributed by atoms with Crippen LogP contribution in [0.1, 0.15) is 20.8 Å². The number of hydrogen-bond acceptors (Lipinski definition) is 2. The zero-order valence-corrected chi connectivity index (χ0v) is 11.1. The first-order chi connectivity index (χ1) is 8.19. The normalized spacial score (nSPS) is 13.7. The van der Waals surface area contributed by atoms with E-state index in [1.165, 1.54) is 0 Å². The summed E-state index contributed by atoms with van der Waals surface area (Å²) in [5, 5.41) is 3.12. The maximum Gasteiger partial charge on any atom is 0.286 e. The fourth-order valence-electron chi connectivity index (χ4n) is 1.24. The highest BCUT2D eigenvalue weighted by Crippen LogP contribution is 2.03. The molecule has 0 aliphatic heterocycles. The first-order valence-electron chi connectivity index (χ1n) is 5.77. The molecule has 1 N–H and O–H groups in total. The van der Waals surface area contributed by atoms with Crippen molar-refractivity contribution >= 4 is 7.41 Å². The number of hydrogen-bond donors (Lipinski definition) is 1. The highest BCUT2D eigenvalue weighted by molar-refractivity contribution is 6.43. The maximum absolute atomic E-state index is 3.80. The minimum absolute atomic E-state index is 0.134. The second-order valence-electron chi connectivity index (χ2n) is 3.48. The van der Waals surface area contributed by atoms with Crippen LogP contribution >= 0.6 is 0 Å². The molecule has 0 fully saturated rings. The highest BCUT2D eigenvalue weighted by atomic mass is 15.2. The lowest BCUT2D eigenvalue weighted by molar-refractivity contribution is 0.415. The van der Waals surface area contributed by atoms with Gasteiger partial charge in [0.1, 0.15) is 0 Å². The predicted molar refractivity (Wildman–Crippen MR) is 78.3 cm³/mol. The van der Waals surface area contributed by atoms with Gasteiger partial charge in [-0.2, -0.15) is 0 Å². The summed E-state index contributed by atoms with van der Waals surface area (Å²) in [6.07, 6.45) is 13.7. The molecule has 0 aliphatic rings. The zero-order chi connectivity index (χ0) is 13.1. The Morgan fingerprint density at radius 1 is 1.29 bits per heavy atom. The number of allylic oxidation sites excluding steroid dienone is 6. The van der Waals surface area contributed by atoms with Gasteiger partial charge in [-0.05, 0) is 33.2 Å². The first-order valence-corrected chi connectivity index (χ1v) is 5.77. The summed E-state index contributed by atoms with van der Waals surface area (Å²) in [5.74, 6) is 0. The molecule has 0 aromatic heterocycles. The van der Waals surface area contributed by atoms with Crippen LogP contribution in [0.4, 0.5) is 0 Å². The standard InChI is InChI=1S/C14H22BN2/c1-6-10-11-12-14(7-2)15-17(9-4)13(5)16-8-3/h6-13,16H,3-4H2,1-2,5H3/b10-6-,12-11-,14-7+. The van der Waals surface area contributed by atoms with Crippen LogP contribution < -0.4 is 5.32 Å². The van der Waals surface area contributed by atoms with Crippen molar-refractivity contribution in [2.45, 2.75) is 26.9 Å². The Morgan fingerprint density at radius 2 is 2.00 bits per heavy atom. The average molecular weight is 229 g/mol. The molecular weight excluding hydrogens is 207 g/mol. The Kier molecular flexibility index (Phi) is 8.66. The van der Waals surface area contributed by atoms with Crippen LogP contribution in [0.3, 0.4) is 0 Å². The van der Waals surface area contributed by atoms with Crippen molar-refractivity contribution in [3.05, 3.63) is 61.4 Å². The summed E-state index contributed by atoms with van der Waals surface area (Å²) in [5.41, 5.74) is 1.13. The predicted octanol–water partition coefficient (Wildman–Crippen LogP) is 3.17. The Morgan fingerprint density at radius 3 is 2.47 bits per heavy atom. The van der Waals surface area contributed by atoms with E-state index in [1.807, 2.05) is 51.2 Å². The minimum Gasteiger partial charge on any atom is -0.402 e. The van der Waals surface area contributed by atoms with E-state index in [0.717, 1.165) is 5.47 Å². The van der Waals surface area contributed by atoms with Gasteiger partial charge in [-0.1, -0.05) is 49.0 Å². The second-order valence-corrected chi connectivity index (χ2v) is 3.48. The third-order valence-corrected chi connectivity index (χ3v) is 2.24. The zero-order valence-electron chi connectivity index (χ0n) is 11.1. The SMILES string of the molecule is C=CNC(C)N([B]C(/C=C\C=C/C)=C/C)C=C. The summed E-state index contributed by atoms with van der Waals surface area (Å²) >= 11 is 0. The molecule has 17 heavy (non-hydrogen) atoms. The van der Waals surface area contributed by atoms with Crippen molar-refractivity contribution in [3.8, 4) is 0 Å². The summed E-state index contributed by atoms with van der Waals surface area (Å²) in [4.78, 5) is 2.00. The van der Waals surface area contributed by atoms with E-state index in [0.29, 0.717) is 0 Å². The molecule has 0 saturated carbocycles. The van der Waals surface area contributed by atoms with Gasteiger partial charge in [-0.3, -0.25) is 0 Å². The molecule has 3 heteroatoms. The summed E-state index contributed by atoms with van der Waals surface area (Å²) in [6.45, 7) is 13.5. The average Bonchev–Trinajstić information content (AvgIpc) is 2.34. The van der Waals surface area contributed by atoms with Crippen molar-refractivity contribution in [2.75, 3.05) is 0 Å². The van der Waals surface area contributed by atoms with Crippen LogP contribution in [0, 0.1) is 0 Å². The molecule has 1 atom stereocenters. The second kappa shape index (κ2) is 9.58. The molecule has 0 aromatic carbocycles. The largest absolute Gasteiger partial charge is 0.402 e. The lowest BCUT2D eigenvalue weighted by Gasteiger charge is -2.27. The van der Waals surface area contributed by atoms with E-state index in [1.54, 1.807) is 12.4 Å². The van der Waals surface area contributed by atoms with Crippen LogP contribution in [0.5, 0.6) is 0 Å². The molecule has 0 saturated heterocycles. The van der Waals surface area contributed by atoms with E-state index < -0.39 is 0 Å². The van der Waals surface area contributed by atoms with Gasteiger partial charge in [-0.15, -0.1) is 0 Å². The molecule has 0 aliphatic carbocycles. The van der Waals surface area contributed by atoms with Crippen LogP contribution in [-0.2, 0) is 0 Å². The molecule has 0 aromatic rings. The minimum atomic E-state index is 0.134. The lowest BCUT2D eigenvalue weighted by atomic mass is 9.79. The summed E-state index contributed by atoms with van der Waals surface area (Å²) in [7, 11) is 2.04. The summed E-state index contributed by atoms with van der Waals surface area (Å²) in [6, 6.07) is 0. The number of rotatable bonds is 8. The van der Waals surface area contributed by atoms with Crippen LogP contribution in [0.25, 0.3) is 0 Å². The first kappa shape index (κ1) is 15.4. The number of nitrogens with one attached hydrogen (secondary N) is 1. The molecule has 91 valence electrons. The molecule has 0 amide bonds. The van der Waals surface area contributed by atoms with Gasteiger partial charge < -0.3 is 10.1 Å². The molecule has 0 heterocycles. The van der Waals surface area contributed by atoms with Gasteiger partial charge in [0, 0.05) is 0 Å². The van der Waals surface area contributed by atoms with Crippen molar-refractivity contribution in [3.63, 3.8) is 0 Å². The third kappa shape index (κ3) is 6.51. The van der Waals surface area contributed by atoms with Crippen molar-refractivity contribution in [2.24, 2.45) is 0 Å². The van der Waals surface area contributed by atoms with E-state index in [2.05, 4.69) is 30.6 Å². The quantitative estimate of drug-likeness (QED) is 0.390. The van der Waals surface area contributed by atoms with E-state index in [4.69, 9.17) is 0 Å². The van der Waals surface area contributed by atoms with E-state index >= 15 is 0 Å². The van der Waals surface area contributed by atoms with Gasteiger partial charge in [0.15, 0.2) is 0 Å². The van der Waals surface area contributed by atoms with Gasteiger partial charge >= 0.3 is 0 Å². The van der Waals surface area contributed by atoms with Gasteiger partial charge in [0.05, 0.1) is 6.17 Å². The number of nitrogens with zero attached hydrogens (tertiary/aromatic N) is 1. The van der Waals surface area contributed by atoms with Crippen LogP contribution in [0.2, 0.25) is 0 Å². The maximum atomic E-state index is 3.80. The van der Waals surface area contributed by atoms with E-state index in [-0.39, 0.29) is 6.17 Å². The van der Waals surface area contributed by atoms with Crippen molar-refractivity contribution in [1.82, 2.24) is 10.1 Å². The lowest BCUT2D eigenvalue weighted by Crippen LogP contribution is -2.40. The van der Waals surface area contributed by atoms with Crippen LogP contribution in [0.15, 0.2) is 61.4 Å². The molecule has 1 radical (unpaired) electrons. The molecule has 2 nitrogen and oxygen atoms in total. The van der Waals surface area contributed by atoms with Gasteiger partial charge in [0.25, 0.3) is 7.41 Å². The monoisotopic (exact) mass is 229 g/mol.